The first-order valence-corrected chi connectivity index (χ1v) is 4.78. The summed E-state index contributed by atoms with van der Waals surface area (Å²) in [6.07, 6.45) is -0.561. The zero-order chi connectivity index (χ0) is 9.19. The lowest BCUT2D eigenvalue weighted by Crippen LogP contribution is -2.30. The Morgan fingerprint density at radius 2 is 2.42 bits per heavy atom. The number of thiazole rings is 1. The van der Waals surface area contributed by atoms with E-state index in [4.69, 9.17) is 5.73 Å². The van der Waals surface area contributed by atoms with Crippen molar-refractivity contribution in [3.8, 4) is 0 Å². The van der Waals surface area contributed by atoms with Crippen LogP contribution in [-0.4, -0.2) is 16.6 Å². The molecule has 0 aliphatic carbocycles. The predicted octanol–water partition coefficient (Wildman–Crippen LogP) is 1.16. The van der Waals surface area contributed by atoms with Crippen molar-refractivity contribution in [1.29, 1.82) is 0 Å². The van der Waals surface area contributed by atoms with Crippen LogP contribution in [0.4, 0.5) is 0 Å². The van der Waals surface area contributed by atoms with Gasteiger partial charge >= 0.3 is 0 Å². The minimum absolute atomic E-state index is 0.298. The third-order valence-corrected chi connectivity index (χ3v) is 2.60. The third kappa shape index (κ3) is 1.83. The van der Waals surface area contributed by atoms with E-state index >= 15 is 0 Å². The lowest BCUT2D eigenvalue weighted by Gasteiger charge is -2.27. The standard InChI is InChI=1S/C8H14N2OS/c1-8(2,4-9)7(11)6-3-12-5-10-6/h3,5,7,11H,4,9H2,1-2H3. The molecule has 1 rings (SSSR count). The fraction of sp³-hybridized carbons (Fsp3) is 0.625. The number of aromatic nitrogens is 1. The van der Waals surface area contributed by atoms with Crippen LogP contribution in [0.25, 0.3) is 0 Å². The van der Waals surface area contributed by atoms with E-state index in [1.165, 1.54) is 11.3 Å². The molecular formula is C8H14N2OS. The largest absolute Gasteiger partial charge is 0.386 e. The van der Waals surface area contributed by atoms with Crippen molar-refractivity contribution in [1.82, 2.24) is 4.98 Å². The average molecular weight is 186 g/mol. The smallest absolute Gasteiger partial charge is 0.103 e. The number of aliphatic hydroxyl groups is 1. The highest BCUT2D eigenvalue weighted by Crippen LogP contribution is 2.31. The van der Waals surface area contributed by atoms with Gasteiger partial charge in [-0.1, -0.05) is 13.8 Å². The van der Waals surface area contributed by atoms with E-state index in [9.17, 15) is 5.11 Å². The van der Waals surface area contributed by atoms with Crippen LogP contribution in [0.3, 0.4) is 0 Å². The first-order valence-electron chi connectivity index (χ1n) is 3.84. The Morgan fingerprint density at radius 3 is 2.83 bits per heavy atom. The summed E-state index contributed by atoms with van der Waals surface area (Å²) in [4.78, 5) is 4.04. The summed E-state index contributed by atoms with van der Waals surface area (Å²) >= 11 is 1.48. The SMILES string of the molecule is CC(C)(CN)C(O)c1cscn1. The maximum atomic E-state index is 9.80. The van der Waals surface area contributed by atoms with E-state index in [-0.39, 0.29) is 5.41 Å². The van der Waals surface area contributed by atoms with Crippen LogP contribution in [0.5, 0.6) is 0 Å². The zero-order valence-electron chi connectivity index (χ0n) is 7.32. The molecule has 0 amide bonds. The number of nitrogens with zero attached hydrogens (tertiary/aromatic N) is 1. The third-order valence-electron chi connectivity index (χ3n) is 2.00. The van der Waals surface area contributed by atoms with Crippen molar-refractivity contribution in [3.63, 3.8) is 0 Å². The number of rotatable bonds is 3. The Kier molecular flexibility index (Phi) is 2.82. The normalized spacial score (nSPS) is 14.7. The van der Waals surface area contributed by atoms with Crippen molar-refractivity contribution in [2.75, 3.05) is 6.54 Å². The molecule has 0 radical (unpaired) electrons. The molecule has 3 nitrogen and oxygen atoms in total. The lowest BCUT2D eigenvalue weighted by molar-refractivity contribution is 0.0524. The fourth-order valence-corrected chi connectivity index (χ4v) is 1.44. The summed E-state index contributed by atoms with van der Waals surface area (Å²) in [5.74, 6) is 0. The fourth-order valence-electron chi connectivity index (χ4n) is 0.869. The van der Waals surface area contributed by atoms with Gasteiger partial charge in [-0.2, -0.15) is 0 Å². The molecule has 68 valence electrons. The molecule has 1 aromatic heterocycles. The van der Waals surface area contributed by atoms with Crippen LogP contribution in [0.1, 0.15) is 25.6 Å². The predicted molar refractivity (Wildman–Crippen MR) is 49.9 cm³/mol. The quantitative estimate of drug-likeness (QED) is 0.744. The molecule has 0 saturated heterocycles. The van der Waals surface area contributed by atoms with Gasteiger partial charge in [-0.3, -0.25) is 0 Å². The van der Waals surface area contributed by atoms with E-state index in [1.54, 1.807) is 5.51 Å². The zero-order valence-corrected chi connectivity index (χ0v) is 8.14. The Labute approximate surface area is 76.3 Å². The molecular weight excluding hydrogens is 172 g/mol. The molecule has 0 aliphatic rings. The molecule has 0 aliphatic heterocycles. The second-order valence-corrected chi connectivity index (χ2v) is 4.23. The van der Waals surface area contributed by atoms with E-state index in [0.717, 1.165) is 5.69 Å². The molecule has 3 N–H and O–H groups in total. The summed E-state index contributed by atoms with van der Waals surface area (Å²) in [6.45, 7) is 4.31. The lowest BCUT2D eigenvalue weighted by atomic mass is 9.85. The summed E-state index contributed by atoms with van der Waals surface area (Å²) in [6, 6.07) is 0. The number of hydrogen-bond donors (Lipinski definition) is 2. The van der Waals surface area contributed by atoms with Gasteiger partial charge in [-0.25, -0.2) is 4.98 Å². The second kappa shape index (κ2) is 3.51. The van der Waals surface area contributed by atoms with Crippen LogP contribution in [0.15, 0.2) is 10.9 Å². The Morgan fingerprint density at radius 1 is 1.75 bits per heavy atom. The molecule has 0 aromatic carbocycles. The van der Waals surface area contributed by atoms with Gasteiger partial charge in [-0.15, -0.1) is 11.3 Å². The van der Waals surface area contributed by atoms with Crippen molar-refractivity contribution in [2.24, 2.45) is 11.1 Å². The molecule has 12 heavy (non-hydrogen) atoms. The van der Waals surface area contributed by atoms with Crippen molar-refractivity contribution >= 4 is 11.3 Å². The summed E-state index contributed by atoms with van der Waals surface area (Å²) in [5.41, 5.74) is 7.66. The highest BCUT2D eigenvalue weighted by molar-refractivity contribution is 7.07. The van der Waals surface area contributed by atoms with Gasteiger partial charge in [0.1, 0.15) is 6.10 Å². The minimum atomic E-state index is -0.561. The van der Waals surface area contributed by atoms with Crippen molar-refractivity contribution < 1.29 is 5.11 Å². The first-order chi connectivity index (χ1) is 5.58. The molecule has 0 fully saturated rings. The number of hydrogen-bond acceptors (Lipinski definition) is 4. The van der Waals surface area contributed by atoms with E-state index in [2.05, 4.69) is 4.98 Å². The summed E-state index contributed by atoms with van der Waals surface area (Å²) < 4.78 is 0. The van der Waals surface area contributed by atoms with Crippen molar-refractivity contribution in [2.45, 2.75) is 20.0 Å². The molecule has 1 unspecified atom stereocenters. The monoisotopic (exact) mass is 186 g/mol. The van der Waals surface area contributed by atoms with Gasteiger partial charge in [-0.05, 0) is 0 Å². The topological polar surface area (TPSA) is 59.1 Å². The van der Waals surface area contributed by atoms with E-state index in [0.29, 0.717) is 6.54 Å². The summed E-state index contributed by atoms with van der Waals surface area (Å²) in [7, 11) is 0. The van der Waals surface area contributed by atoms with Crippen LogP contribution in [0, 0.1) is 5.41 Å². The maximum absolute atomic E-state index is 9.80. The van der Waals surface area contributed by atoms with Gasteiger partial charge in [0.25, 0.3) is 0 Å². The number of nitrogens with two attached hydrogens (primary N) is 1. The van der Waals surface area contributed by atoms with Gasteiger partial charge < -0.3 is 10.8 Å². The Bertz CT molecular complexity index is 233. The summed E-state index contributed by atoms with van der Waals surface area (Å²) in [5, 5.41) is 11.7. The highest BCUT2D eigenvalue weighted by atomic mass is 32.1. The molecule has 0 spiro atoms. The van der Waals surface area contributed by atoms with E-state index < -0.39 is 6.10 Å². The number of aliphatic hydroxyl groups excluding tert-OH is 1. The van der Waals surface area contributed by atoms with Crippen LogP contribution in [-0.2, 0) is 0 Å². The second-order valence-electron chi connectivity index (χ2n) is 3.51. The first kappa shape index (κ1) is 9.64. The average Bonchev–Trinajstić information content (AvgIpc) is 2.55. The molecule has 0 bridgehead atoms. The van der Waals surface area contributed by atoms with Crippen molar-refractivity contribution in [3.05, 3.63) is 16.6 Å². The Hall–Kier alpha value is -0.450. The Balaban J connectivity index is 2.78. The van der Waals surface area contributed by atoms with Gasteiger partial charge in [0, 0.05) is 17.3 Å². The van der Waals surface area contributed by atoms with Gasteiger partial charge in [0.05, 0.1) is 11.2 Å². The van der Waals surface area contributed by atoms with Gasteiger partial charge in [0.2, 0.25) is 0 Å². The molecule has 1 aromatic rings. The maximum Gasteiger partial charge on any atom is 0.103 e. The highest BCUT2D eigenvalue weighted by Gasteiger charge is 2.28. The molecule has 1 heterocycles. The van der Waals surface area contributed by atoms with Crippen LogP contribution >= 0.6 is 11.3 Å². The molecule has 4 heteroatoms. The molecule has 1 atom stereocenters. The van der Waals surface area contributed by atoms with Crippen LogP contribution in [0.2, 0.25) is 0 Å². The minimum Gasteiger partial charge on any atom is -0.386 e. The van der Waals surface area contributed by atoms with Gasteiger partial charge in [0.15, 0.2) is 0 Å². The van der Waals surface area contributed by atoms with E-state index in [1.807, 2.05) is 19.2 Å². The molecule has 0 saturated carbocycles. The van der Waals surface area contributed by atoms with Crippen LogP contribution < -0.4 is 5.73 Å².